The number of carbonyl (C=O) groups is 1. The van der Waals surface area contributed by atoms with Crippen molar-refractivity contribution in [3.63, 3.8) is 0 Å². The molecule has 1 saturated carbocycles. The molecule has 1 aromatic rings. The van der Waals surface area contributed by atoms with Gasteiger partial charge in [-0.3, -0.25) is 9.69 Å². The van der Waals surface area contributed by atoms with E-state index in [2.05, 4.69) is 33.0 Å². The Kier molecular flexibility index (Phi) is 7.06. The van der Waals surface area contributed by atoms with Gasteiger partial charge in [0.2, 0.25) is 5.91 Å². The van der Waals surface area contributed by atoms with Gasteiger partial charge < -0.3 is 9.80 Å². The molecule has 2 heterocycles. The maximum atomic E-state index is 12.4. The van der Waals surface area contributed by atoms with Crippen LogP contribution >= 0.6 is 0 Å². The van der Waals surface area contributed by atoms with Crippen LogP contribution in [0.2, 0.25) is 0 Å². The van der Waals surface area contributed by atoms with E-state index in [1.165, 1.54) is 19.3 Å². The SMILES string of the molecule is CN(C/C=C/CN1CCN(c2ccccn2)CC1)C(=O)C1CCCCC1. The Bertz CT molecular complexity index is 575. The smallest absolute Gasteiger partial charge is 0.225 e. The highest BCUT2D eigenvalue weighted by atomic mass is 16.2. The Morgan fingerprint density at radius 2 is 1.92 bits per heavy atom. The molecule has 5 nitrogen and oxygen atoms in total. The molecule has 0 radical (unpaired) electrons. The van der Waals surface area contributed by atoms with Gasteiger partial charge in [-0.05, 0) is 25.0 Å². The summed E-state index contributed by atoms with van der Waals surface area (Å²) >= 11 is 0. The van der Waals surface area contributed by atoms with Crippen LogP contribution in [-0.2, 0) is 4.79 Å². The molecule has 0 spiro atoms. The maximum Gasteiger partial charge on any atom is 0.225 e. The van der Waals surface area contributed by atoms with Gasteiger partial charge in [0.15, 0.2) is 0 Å². The Labute approximate surface area is 157 Å². The second kappa shape index (κ2) is 9.72. The fourth-order valence-corrected chi connectivity index (χ4v) is 3.91. The largest absolute Gasteiger partial charge is 0.354 e. The summed E-state index contributed by atoms with van der Waals surface area (Å²) in [5.74, 6) is 1.67. The normalized spacial score (nSPS) is 19.8. The van der Waals surface area contributed by atoms with E-state index in [-0.39, 0.29) is 5.92 Å². The molecule has 1 amide bonds. The zero-order valence-corrected chi connectivity index (χ0v) is 16.0. The van der Waals surface area contributed by atoms with Crippen molar-refractivity contribution in [2.45, 2.75) is 32.1 Å². The van der Waals surface area contributed by atoms with Gasteiger partial charge in [-0.15, -0.1) is 0 Å². The van der Waals surface area contributed by atoms with Crippen molar-refractivity contribution in [3.05, 3.63) is 36.5 Å². The first-order valence-corrected chi connectivity index (χ1v) is 10.0. The lowest BCUT2D eigenvalue weighted by Gasteiger charge is -2.34. The van der Waals surface area contributed by atoms with E-state index in [9.17, 15) is 4.79 Å². The molecule has 1 aliphatic heterocycles. The van der Waals surface area contributed by atoms with Crippen molar-refractivity contribution < 1.29 is 4.79 Å². The van der Waals surface area contributed by atoms with Crippen LogP contribution in [0, 0.1) is 5.92 Å². The van der Waals surface area contributed by atoms with Crippen LogP contribution in [-0.4, -0.2) is 67.0 Å². The van der Waals surface area contributed by atoms with Crippen LogP contribution in [0.5, 0.6) is 0 Å². The summed E-state index contributed by atoms with van der Waals surface area (Å²) in [5.41, 5.74) is 0. The molecular formula is C21H32N4O. The third kappa shape index (κ3) is 5.31. The van der Waals surface area contributed by atoms with Gasteiger partial charge >= 0.3 is 0 Å². The molecule has 0 aromatic carbocycles. The van der Waals surface area contributed by atoms with E-state index in [1.807, 2.05) is 30.3 Å². The van der Waals surface area contributed by atoms with Crippen molar-refractivity contribution in [1.29, 1.82) is 0 Å². The van der Waals surface area contributed by atoms with E-state index >= 15 is 0 Å². The molecule has 142 valence electrons. The van der Waals surface area contributed by atoms with E-state index in [1.54, 1.807) is 0 Å². The summed E-state index contributed by atoms with van der Waals surface area (Å²) in [4.78, 5) is 23.6. The summed E-state index contributed by atoms with van der Waals surface area (Å²) in [6, 6.07) is 6.08. The predicted octanol–water partition coefficient (Wildman–Crippen LogP) is 2.80. The van der Waals surface area contributed by atoms with Crippen molar-refractivity contribution in [2.24, 2.45) is 5.92 Å². The molecule has 0 atom stereocenters. The van der Waals surface area contributed by atoms with Gasteiger partial charge in [0.1, 0.15) is 5.82 Å². The van der Waals surface area contributed by atoms with Crippen LogP contribution in [0.25, 0.3) is 0 Å². The number of pyridine rings is 1. The molecule has 1 aliphatic carbocycles. The van der Waals surface area contributed by atoms with Gasteiger partial charge in [0, 0.05) is 58.4 Å². The molecule has 3 rings (SSSR count). The third-order valence-electron chi connectivity index (χ3n) is 5.59. The number of anilines is 1. The highest BCUT2D eigenvalue weighted by Crippen LogP contribution is 2.25. The van der Waals surface area contributed by atoms with Crippen LogP contribution in [0.3, 0.4) is 0 Å². The zero-order chi connectivity index (χ0) is 18.2. The number of amides is 1. The Morgan fingerprint density at radius 1 is 1.15 bits per heavy atom. The zero-order valence-electron chi connectivity index (χ0n) is 16.0. The molecule has 0 bridgehead atoms. The quantitative estimate of drug-likeness (QED) is 0.735. The number of likely N-dealkylation sites (N-methyl/N-ethyl adjacent to an activating group) is 1. The molecule has 1 aromatic heterocycles. The number of piperazine rings is 1. The van der Waals surface area contributed by atoms with Crippen molar-refractivity contribution in [3.8, 4) is 0 Å². The number of aromatic nitrogens is 1. The monoisotopic (exact) mass is 356 g/mol. The summed E-state index contributed by atoms with van der Waals surface area (Å²) in [7, 11) is 1.94. The van der Waals surface area contributed by atoms with Crippen molar-refractivity contribution >= 4 is 11.7 Å². The minimum atomic E-state index is 0.266. The Hall–Kier alpha value is -1.88. The van der Waals surface area contributed by atoms with Crippen molar-refractivity contribution in [2.75, 3.05) is 51.2 Å². The van der Waals surface area contributed by atoms with E-state index in [0.29, 0.717) is 5.91 Å². The fraction of sp³-hybridized carbons (Fsp3) is 0.619. The van der Waals surface area contributed by atoms with Crippen LogP contribution < -0.4 is 4.90 Å². The molecule has 1 saturated heterocycles. The van der Waals surface area contributed by atoms with E-state index < -0.39 is 0 Å². The lowest BCUT2D eigenvalue weighted by Crippen LogP contribution is -2.46. The third-order valence-corrected chi connectivity index (χ3v) is 5.59. The van der Waals surface area contributed by atoms with E-state index in [4.69, 9.17) is 0 Å². The van der Waals surface area contributed by atoms with Gasteiger partial charge in [0.25, 0.3) is 0 Å². The average Bonchev–Trinajstić information content (AvgIpc) is 2.72. The lowest BCUT2D eigenvalue weighted by atomic mass is 9.88. The molecule has 0 unspecified atom stereocenters. The number of rotatable bonds is 6. The Morgan fingerprint density at radius 3 is 2.62 bits per heavy atom. The van der Waals surface area contributed by atoms with Crippen molar-refractivity contribution in [1.82, 2.24) is 14.8 Å². The second-order valence-electron chi connectivity index (χ2n) is 7.50. The summed E-state index contributed by atoms with van der Waals surface area (Å²) in [6.07, 6.45) is 12.1. The molecule has 5 heteroatoms. The first-order valence-electron chi connectivity index (χ1n) is 10.0. The first kappa shape index (κ1) is 18.9. The molecule has 2 aliphatic rings. The van der Waals surface area contributed by atoms with Crippen LogP contribution in [0.15, 0.2) is 36.5 Å². The summed E-state index contributed by atoms with van der Waals surface area (Å²) in [6.45, 7) is 5.83. The van der Waals surface area contributed by atoms with Crippen LogP contribution in [0.1, 0.15) is 32.1 Å². The topological polar surface area (TPSA) is 39.7 Å². The van der Waals surface area contributed by atoms with Crippen LogP contribution in [0.4, 0.5) is 5.82 Å². The number of carbonyl (C=O) groups excluding carboxylic acids is 1. The second-order valence-corrected chi connectivity index (χ2v) is 7.50. The lowest BCUT2D eigenvalue weighted by molar-refractivity contribution is -0.134. The highest BCUT2D eigenvalue weighted by Gasteiger charge is 2.23. The number of nitrogens with zero attached hydrogens (tertiary/aromatic N) is 4. The first-order chi connectivity index (χ1) is 12.7. The molecule has 0 N–H and O–H groups in total. The average molecular weight is 357 g/mol. The fourth-order valence-electron chi connectivity index (χ4n) is 3.91. The van der Waals surface area contributed by atoms with Gasteiger partial charge in [-0.2, -0.15) is 0 Å². The minimum Gasteiger partial charge on any atom is -0.354 e. The van der Waals surface area contributed by atoms with Gasteiger partial charge in [-0.25, -0.2) is 4.98 Å². The van der Waals surface area contributed by atoms with E-state index in [0.717, 1.165) is 57.9 Å². The molecular weight excluding hydrogens is 324 g/mol. The van der Waals surface area contributed by atoms with Gasteiger partial charge in [0.05, 0.1) is 0 Å². The number of hydrogen-bond donors (Lipinski definition) is 0. The highest BCUT2D eigenvalue weighted by molar-refractivity contribution is 5.78. The minimum absolute atomic E-state index is 0.266. The number of hydrogen-bond acceptors (Lipinski definition) is 4. The predicted molar refractivity (Wildman–Crippen MR) is 106 cm³/mol. The summed E-state index contributed by atoms with van der Waals surface area (Å²) in [5, 5.41) is 0. The summed E-state index contributed by atoms with van der Waals surface area (Å²) < 4.78 is 0. The maximum absolute atomic E-state index is 12.4. The molecule has 2 fully saturated rings. The molecule has 26 heavy (non-hydrogen) atoms. The van der Waals surface area contributed by atoms with Gasteiger partial charge in [-0.1, -0.05) is 37.5 Å². The standard InChI is InChI=1S/C21H32N4O/c1-23(21(26)19-9-3-2-4-10-19)13-7-8-14-24-15-17-25(18-16-24)20-11-5-6-12-22-20/h5-8,11-12,19H,2-4,9-10,13-18H2,1H3/b8-7+. The Balaban J connectivity index is 1.35.